The Kier molecular flexibility index (Phi) is 9.30. The zero-order valence-electron chi connectivity index (χ0n) is 27.5. The fourth-order valence-electron chi connectivity index (χ4n) is 6.19. The molecule has 0 unspecified atom stereocenters. The van der Waals surface area contributed by atoms with Crippen LogP contribution in [0.15, 0.2) is 183 Å². The van der Waals surface area contributed by atoms with Gasteiger partial charge in [0.15, 0.2) is 5.82 Å². The first-order chi connectivity index (χ1) is 24.2. The second-order valence-electron chi connectivity index (χ2n) is 11.8. The van der Waals surface area contributed by atoms with Crippen LogP contribution in [0.4, 0.5) is 0 Å². The minimum atomic E-state index is 0.680. The molecule has 0 N–H and O–H groups in total. The first-order valence-corrected chi connectivity index (χ1v) is 16.6. The molecule has 6 aromatic rings. The van der Waals surface area contributed by atoms with Gasteiger partial charge in [-0.15, -0.1) is 0 Å². The predicted octanol–water partition coefficient (Wildman–Crippen LogP) is 10.2. The highest BCUT2D eigenvalue weighted by Crippen LogP contribution is 2.32. The lowest BCUT2D eigenvalue weighted by Crippen LogP contribution is -2.08. The molecule has 1 aliphatic rings. The number of hydrogen-bond acceptors (Lipinski definition) is 2. The summed E-state index contributed by atoms with van der Waals surface area (Å²) in [5.41, 5.74) is 6.92. The molecule has 0 fully saturated rings. The fourth-order valence-corrected chi connectivity index (χ4v) is 6.19. The van der Waals surface area contributed by atoms with Gasteiger partial charge in [-0.3, -0.25) is 0 Å². The quantitative estimate of drug-likeness (QED) is 0.172. The standard InChI is InChI=1S/C47H36N2/c1-3-5-16-34(4-2)39-25-15-26-41(31-39)45-33-48-47(42-30-29-35-17-6-9-22-40(35)32-42)49-46(45)38-21-8-7-18-36-19-10-12-27-43(36)44-28-13-11-20-37(44)23-14-24-38/h3-33H,2H2,1H3/b5-3-,8-7-,18-7?,21-8?,23-14?,24-14+,34-16+,36-18-,37-23+,38-21+,38-24?,44-43-. The van der Waals surface area contributed by atoms with Crippen LogP contribution >= 0.6 is 0 Å². The van der Waals surface area contributed by atoms with Crippen LogP contribution in [0.5, 0.6) is 0 Å². The Morgan fingerprint density at radius 1 is 0.653 bits per heavy atom. The van der Waals surface area contributed by atoms with E-state index in [2.05, 4.69) is 170 Å². The second kappa shape index (κ2) is 14.6. The third-order valence-electron chi connectivity index (χ3n) is 8.69. The van der Waals surface area contributed by atoms with Crippen molar-refractivity contribution < 1.29 is 0 Å². The van der Waals surface area contributed by atoms with Crippen LogP contribution in [0.3, 0.4) is 0 Å². The SMILES string of the molecule is C=C/C(=C\C=C/C)c1cccc(-c2cnc(-c3ccc4ccccc4c3)nc2C2=C/C=C\C=c3\cccc\c3=c3/cccc/c3=C\C=C\2)c1. The van der Waals surface area contributed by atoms with Gasteiger partial charge in [-0.2, -0.15) is 0 Å². The van der Waals surface area contributed by atoms with E-state index in [4.69, 9.17) is 9.97 Å². The minimum absolute atomic E-state index is 0.680. The Balaban J connectivity index is 1.44. The Bertz CT molecular complexity index is 2580. The first-order valence-electron chi connectivity index (χ1n) is 16.6. The fraction of sp³-hybridized carbons (Fsp3) is 0.0213. The molecule has 0 atom stereocenters. The van der Waals surface area contributed by atoms with Crippen molar-refractivity contribution in [2.45, 2.75) is 6.92 Å². The third-order valence-corrected chi connectivity index (χ3v) is 8.69. The summed E-state index contributed by atoms with van der Waals surface area (Å²) >= 11 is 0. The number of nitrogens with zero attached hydrogens (tertiary/aromatic N) is 2. The Labute approximate surface area is 287 Å². The summed E-state index contributed by atoms with van der Waals surface area (Å²) in [6.07, 6.45) is 25.0. The van der Waals surface area contributed by atoms with Gasteiger partial charge in [0, 0.05) is 22.9 Å². The average molecular weight is 629 g/mol. The highest BCUT2D eigenvalue weighted by atomic mass is 14.9. The van der Waals surface area contributed by atoms with Crippen LogP contribution < -0.4 is 10.4 Å². The topological polar surface area (TPSA) is 25.8 Å². The Morgan fingerprint density at radius 3 is 2.14 bits per heavy atom. The number of hydrogen-bond donors (Lipinski definition) is 0. The molecule has 0 saturated carbocycles. The number of aromatic nitrogens is 2. The van der Waals surface area contributed by atoms with Gasteiger partial charge in [-0.25, -0.2) is 9.97 Å². The molecule has 49 heavy (non-hydrogen) atoms. The molecule has 0 aliphatic heterocycles. The minimum Gasteiger partial charge on any atom is -0.236 e. The number of allylic oxidation sites excluding steroid dienone is 11. The first kappa shape index (κ1) is 31.2. The largest absolute Gasteiger partial charge is 0.236 e. The molecule has 1 heterocycles. The zero-order valence-corrected chi connectivity index (χ0v) is 27.5. The molecular weight excluding hydrogens is 593 g/mol. The van der Waals surface area contributed by atoms with E-state index in [-0.39, 0.29) is 0 Å². The van der Waals surface area contributed by atoms with Gasteiger partial charge in [-0.05, 0) is 67.4 Å². The molecule has 0 radical (unpaired) electrons. The second-order valence-corrected chi connectivity index (χ2v) is 11.8. The predicted molar refractivity (Wildman–Crippen MR) is 208 cm³/mol. The summed E-state index contributed by atoms with van der Waals surface area (Å²) in [7, 11) is 0. The molecule has 234 valence electrons. The van der Waals surface area contributed by atoms with Gasteiger partial charge in [0.25, 0.3) is 0 Å². The average Bonchev–Trinajstić information content (AvgIpc) is 3.15. The summed E-state index contributed by atoms with van der Waals surface area (Å²) in [5, 5.41) is 7.07. The van der Waals surface area contributed by atoms with Crippen molar-refractivity contribution in [2.75, 3.05) is 0 Å². The van der Waals surface area contributed by atoms with E-state index in [1.807, 2.05) is 31.3 Å². The van der Waals surface area contributed by atoms with E-state index in [1.165, 1.54) is 21.0 Å². The normalized spacial score (nSPS) is 17.5. The molecule has 2 heteroatoms. The van der Waals surface area contributed by atoms with Crippen LogP contribution in [-0.2, 0) is 0 Å². The maximum Gasteiger partial charge on any atom is 0.159 e. The summed E-state index contributed by atoms with van der Waals surface area (Å²) in [6.45, 7) is 6.09. The van der Waals surface area contributed by atoms with Gasteiger partial charge >= 0.3 is 0 Å². The van der Waals surface area contributed by atoms with Crippen LogP contribution in [0.1, 0.15) is 18.2 Å². The molecule has 5 aromatic carbocycles. The molecular formula is C47H36N2. The highest BCUT2D eigenvalue weighted by Gasteiger charge is 2.15. The molecule has 1 aromatic heterocycles. The maximum absolute atomic E-state index is 5.31. The van der Waals surface area contributed by atoms with Crippen molar-refractivity contribution in [1.82, 2.24) is 9.97 Å². The van der Waals surface area contributed by atoms with Gasteiger partial charge in [0.2, 0.25) is 0 Å². The van der Waals surface area contributed by atoms with Crippen molar-refractivity contribution >= 4 is 34.1 Å². The van der Waals surface area contributed by atoms with Crippen LogP contribution in [0, 0.1) is 10.4 Å². The molecule has 0 spiro atoms. The number of rotatable bonds is 6. The molecule has 0 bridgehead atoms. The van der Waals surface area contributed by atoms with Crippen LogP contribution in [0.2, 0.25) is 0 Å². The zero-order chi connectivity index (χ0) is 33.4. The summed E-state index contributed by atoms with van der Waals surface area (Å²) in [5.74, 6) is 0.680. The van der Waals surface area contributed by atoms with Gasteiger partial charge in [-0.1, -0.05) is 177 Å². The molecule has 1 aliphatic carbocycles. The van der Waals surface area contributed by atoms with E-state index in [1.54, 1.807) is 0 Å². The monoisotopic (exact) mass is 628 g/mol. The van der Waals surface area contributed by atoms with Crippen molar-refractivity contribution in [1.29, 1.82) is 0 Å². The van der Waals surface area contributed by atoms with E-state index in [0.29, 0.717) is 5.82 Å². The lowest BCUT2D eigenvalue weighted by molar-refractivity contribution is 1.16. The lowest BCUT2D eigenvalue weighted by Gasteiger charge is -2.13. The van der Waals surface area contributed by atoms with Crippen LogP contribution in [0.25, 0.3) is 56.6 Å². The summed E-state index contributed by atoms with van der Waals surface area (Å²) in [6, 6.07) is 40.4. The van der Waals surface area contributed by atoms with Crippen molar-refractivity contribution in [2.24, 2.45) is 0 Å². The maximum atomic E-state index is 5.31. The van der Waals surface area contributed by atoms with Gasteiger partial charge in [0.1, 0.15) is 0 Å². The number of fused-ring (bicyclic) bond motifs is 3. The molecule has 2 nitrogen and oxygen atoms in total. The van der Waals surface area contributed by atoms with Crippen molar-refractivity contribution in [3.05, 3.63) is 215 Å². The van der Waals surface area contributed by atoms with Crippen molar-refractivity contribution in [3.8, 4) is 22.5 Å². The Hall–Kier alpha value is -6.38. The Morgan fingerprint density at radius 2 is 1.37 bits per heavy atom. The summed E-state index contributed by atoms with van der Waals surface area (Å²) < 4.78 is 0. The van der Waals surface area contributed by atoms with E-state index in [0.717, 1.165) is 49.7 Å². The molecule has 0 amide bonds. The highest BCUT2D eigenvalue weighted by molar-refractivity contribution is 5.89. The molecule has 0 saturated heterocycles. The molecule has 7 rings (SSSR count). The summed E-state index contributed by atoms with van der Waals surface area (Å²) in [4.78, 5) is 10.3. The van der Waals surface area contributed by atoms with E-state index < -0.39 is 0 Å². The van der Waals surface area contributed by atoms with Gasteiger partial charge < -0.3 is 0 Å². The third kappa shape index (κ3) is 6.86. The van der Waals surface area contributed by atoms with Crippen LogP contribution in [-0.4, -0.2) is 9.97 Å². The smallest absolute Gasteiger partial charge is 0.159 e. The van der Waals surface area contributed by atoms with Gasteiger partial charge in [0.05, 0.1) is 5.69 Å². The lowest BCUT2D eigenvalue weighted by atomic mass is 9.95. The number of benzene rings is 5. The van der Waals surface area contributed by atoms with Crippen molar-refractivity contribution in [3.63, 3.8) is 0 Å². The van der Waals surface area contributed by atoms with E-state index in [9.17, 15) is 0 Å². The van der Waals surface area contributed by atoms with E-state index >= 15 is 0 Å².